The highest BCUT2D eigenvalue weighted by Gasteiger charge is 2.13. The Morgan fingerprint density at radius 3 is 2.53 bits per heavy atom. The summed E-state index contributed by atoms with van der Waals surface area (Å²) in [5.74, 6) is 3.18. The first-order valence-corrected chi connectivity index (χ1v) is 6.83. The van der Waals surface area contributed by atoms with E-state index in [0.717, 1.165) is 48.0 Å². The molecule has 0 aliphatic rings. The Morgan fingerprint density at radius 2 is 1.95 bits per heavy atom. The fourth-order valence-corrected chi connectivity index (χ4v) is 1.99. The number of aryl methyl sites for hydroxylation is 2. The van der Waals surface area contributed by atoms with Gasteiger partial charge in [0.1, 0.15) is 11.6 Å². The molecule has 0 saturated heterocycles. The van der Waals surface area contributed by atoms with E-state index in [9.17, 15) is 0 Å². The minimum absolute atomic E-state index is 0.661. The minimum Gasteiger partial charge on any atom is -0.458 e. The zero-order chi connectivity index (χ0) is 13.8. The van der Waals surface area contributed by atoms with Crippen molar-refractivity contribution in [3.63, 3.8) is 0 Å². The van der Waals surface area contributed by atoms with Crippen molar-refractivity contribution in [3.8, 4) is 11.6 Å². The van der Waals surface area contributed by atoms with Crippen molar-refractivity contribution in [1.29, 1.82) is 0 Å². The first kappa shape index (κ1) is 13.6. The third kappa shape index (κ3) is 2.95. The van der Waals surface area contributed by atoms with E-state index in [1.165, 1.54) is 0 Å². The molecule has 0 aromatic carbocycles. The Hall–Kier alpha value is -1.84. The molecule has 2 aromatic heterocycles. The highest BCUT2D eigenvalue weighted by Crippen LogP contribution is 2.23. The fraction of sp³-hybridized carbons (Fsp3) is 0.467. The molecular weight excluding hydrogens is 238 g/mol. The van der Waals surface area contributed by atoms with Crippen LogP contribution >= 0.6 is 0 Å². The summed E-state index contributed by atoms with van der Waals surface area (Å²) in [4.78, 5) is 9.18. The zero-order valence-electron chi connectivity index (χ0n) is 12.1. The van der Waals surface area contributed by atoms with Crippen LogP contribution in [-0.2, 0) is 6.42 Å². The lowest BCUT2D eigenvalue weighted by atomic mass is 10.2. The minimum atomic E-state index is 0.661. The molecule has 0 spiro atoms. The van der Waals surface area contributed by atoms with Crippen molar-refractivity contribution in [2.45, 2.75) is 40.5 Å². The van der Waals surface area contributed by atoms with Crippen LogP contribution in [0.15, 0.2) is 16.5 Å². The molecule has 102 valence electrons. The largest absolute Gasteiger partial charge is 0.458 e. The molecule has 0 aliphatic carbocycles. The summed E-state index contributed by atoms with van der Waals surface area (Å²) in [6.45, 7) is 9.15. The predicted octanol–water partition coefficient (Wildman–Crippen LogP) is 3.74. The molecule has 2 rings (SSSR count). The van der Waals surface area contributed by atoms with Gasteiger partial charge >= 0.3 is 0 Å². The van der Waals surface area contributed by atoms with Crippen molar-refractivity contribution in [2.24, 2.45) is 0 Å². The Balaban J connectivity index is 2.44. The maximum Gasteiger partial charge on any atom is 0.197 e. The van der Waals surface area contributed by atoms with E-state index in [1.807, 2.05) is 19.1 Å². The lowest BCUT2D eigenvalue weighted by Gasteiger charge is -2.12. The van der Waals surface area contributed by atoms with Crippen LogP contribution < -0.4 is 5.32 Å². The molecule has 4 heteroatoms. The fourth-order valence-electron chi connectivity index (χ4n) is 1.99. The van der Waals surface area contributed by atoms with Gasteiger partial charge in [-0.15, -0.1) is 0 Å². The standard InChI is InChI=1S/C15H21N3O/c1-5-9-16-14-11(4)12(6-2)17-15(18-14)13-8-7-10(3)19-13/h7-8H,5-6,9H2,1-4H3,(H,16,17,18). The third-order valence-corrected chi connectivity index (χ3v) is 3.08. The normalized spacial score (nSPS) is 10.7. The molecule has 0 unspecified atom stereocenters. The summed E-state index contributed by atoms with van der Waals surface area (Å²) < 4.78 is 5.62. The zero-order valence-corrected chi connectivity index (χ0v) is 12.1. The Morgan fingerprint density at radius 1 is 1.16 bits per heavy atom. The first-order chi connectivity index (χ1) is 9.15. The van der Waals surface area contributed by atoms with Crippen molar-refractivity contribution < 1.29 is 4.42 Å². The quantitative estimate of drug-likeness (QED) is 0.888. The summed E-state index contributed by atoms with van der Waals surface area (Å²) in [5.41, 5.74) is 2.20. The summed E-state index contributed by atoms with van der Waals surface area (Å²) in [6, 6.07) is 3.85. The molecule has 0 radical (unpaired) electrons. The lowest BCUT2D eigenvalue weighted by Crippen LogP contribution is -2.08. The van der Waals surface area contributed by atoms with Crippen LogP contribution in [0, 0.1) is 13.8 Å². The van der Waals surface area contributed by atoms with Gasteiger partial charge in [-0.25, -0.2) is 9.97 Å². The van der Waals surface area contributed by atoms with Crippen molar-refractivity contribution in [1.82, 2.24) is 9.97 Å². The van der Waals surface area contributed by atoms with Crippen LogP contribution in [0.3, 0.4) is 0 Å². The van der Waals surface area contributed by atoms with Crippen LogP contribution in [0.25, 0.3) is 11.6 Å². The molecule has 0 amide bonds. The number of nitrogens with zero attached hydrogens (tertiary/aromatic N) is 2. The first-order valence-electron chi connectivity index (χ1n) is 6.83. The number of anilines is 1. The topological polar surface area (TPSA) is 51.0 Å². The van der Waals surface area contributed by atoms with Gasteiger partial charge in [0.25, 0.3) is 0 Å². The molecule has 0 atom stereocenters. The molecule has 2 aromatic rings. The van der Waals surface area contributed by atoms with Gasteiger partial charge in [0.05, 0.1) is 0 Å². The predicted molar refractivity (Wildman–Crippen MR) is 77.4 cm³/mol. The highest BCUT2D eigenvalue weighted by molar-refractivity contribution is 5.55. The van der Waals surface area contributed by atoms with Gasteiger partial charge in [0.2, 0.25) is 0 Å². The van der Waals surface area contributed by atoms with E-state index in [-0.39, 0.29) is 0 Å². The molecule has 0 fully saturated rings. The summed E-state index contributed by atoms with van der Waals surface area (Å²) in [6.07, 6.45) is 1.96. The van der Waals surface area contributed by atoms with Crippen LogP contribution in [0.1, 0.15) is 37.3 Å². The van der Waals surface area contributed by atoms with Gasteiger partial charge in [0.15, 0.2) is 11.6 Å². The molecule has 0 bridgehead atoms. The molecular formula is C15H21N3O. The van der Waals surface area contributed by atoms with E-state index in [2.05, 4.69) is 36.1 Å². The van der Waals surface area contributed by atoms with Gasteiger partial charge in [-0.2, -0.15) is 0 Å². The smallest absolute Gasteiger partial charge is 0.197 e. The average Bonchev–Trinajstić information content (AvgIpc) is 2.84. The van der Waals surface area contributed by atoms with Gasteiger partial charge in [-0.05, 0) is 38.8 Å². The van der Waals surface area contributed by atoms with E-state index < -0.39 is 0 Å². The molecule has 4 nitrogen and oxygen atoms in total. The Kier molecular flexibility index (Phi) is 4.20. The van der Waals surface area contributed by atoms with Crippen LogP contribution in [0.4, 0.5) is 5.82 Å². The number of hydrogen-bond acceptors (Lipinski definition) is 4. The van der Waals surface area contributed by atoms with Crippen molar-refractivity contribution >= 4 is 5.82 Å². The van der Waals surface area contributed by atoms with Gasteiger partial charge in [-0.3, -0.25) is 0 Å². The number of nitrogens with one attached hydrogen (secondary N) is 1. The number of aromatic nitrogens is 2. The Bertz CT molecular complexity index is 561. The number of furan rings is 1. The summed E-state index contributed by atoms with van der Waals surface area (Å²) in [7, 11) is 0. The second-order valence-corrected chi connectivity index (χ2v) is 4.66. The van der Waals surface area contributed by atoms with Crippen LogP contribution in [0.2, 0.25) is 0 Å². The summed E-state index contributed by atoms with van der Waals surface area (Å²) in [5, 5.41) is 3.36. The van der Waals surface area contributed by atoms with E-state index in [0.29, 0.717) is 5.82 Å². The van der Waals surface area contributed by atoms with Crippen molar-refractivity contribution in [3.05, 3.63) is 29.2 Å². The molecule has 19 heavy (non-hydrogen) atoms. The van der Waals surface area contributed by atoms with E-state index >= 15 is 0 Å². The number of hydrogen-bond donors (Lipinski definition) is 1. The SMILES string of the molecule is CCCNc1nc(-c2ccc(C)o2)nc(CC)c1C. The maximum atomic E-state index is 5.62. The highest BCUT2D eigenvalue weighted by atomic mass is 16.3. The van der Waals surface area contributed by atoms with Gasteiger partial charge in [0, 0.05) is 17.8 Å². The third-order valence-electron chi connectivity index (χ3n) is 3.08. The average molecular weight is 259 g/mol. The monoisotopic (exact) mass is 259 g/mol. The number of rotatable bonds is 5. The van der Waals surface area contributed by atoms with Gasteiger partial charge in [-0.1, -0.05) is 13.8 Å². The molecule has 0 aliphatic heterocycles. The van der Waals surface area contributed by atoms with Gasteiger partial charge < -0.3 is 9.73 Å². The maximum absolute atomic E-state index is 5.62. The van der Waals surface area contributed by atoms with Crippen molar-refractivity contribution in [2.75, 3.05) is 11.9 Å². The van der Waals surface area contributed by atoms with Crippen LogP contribution in [-0.4, -0.2) is 16.5 Å². The molecule has 0 saturated carbocycles. The second kappa shape index (κ2) is 5.87. The molecule has 1 N–H and O–H groups in total. The Labute approximate surface area is 114 Å². The lowest BCUT2D eigenvalue weighted by molar-refractivity contribution is 0.543. The second-order valence-electron chi connectivity index (χ2n) is 4.66. The summed E-state index contributed by atoms with van der Waals surface area (Å²) >= 11 is 0. The van der Waals surface area contributed by atoms with E-state index in [1.54, 1.807) is 0 Å². The molecule has 2 heterocycles. The van der Waals surface area contributed by atoms with E-state index in [4.69, 9.17) is 4.42 Å². The van der Waals surface area contributed by atoms with Crippen LogP contribution in [0.5, 0.6) is 0 Å².